The molecule has 1 aromatic carbocycles. The van der Waals surface area contributed by atoms with Gasteiger partial charge in [-0.05, 0) is 54.6 Å². The third-order valence-corrected chi connectivity index (χ3v) is 4.40. The van der Waals surface area contributed by atoms with Gasteiger partial charge in [0.15, 0.2) is 5.82 Å². The van der Waals surface area contributed by atoms with Gasteiger partial charge >= 0.3 is 0 Å². The lowest BCUT2D eigenvalue weighted by molar-refractivity contribution is 0.232. The molecule has 1 fully saturated rings. The lowest BCUT2D eigenvalue weighted by Crippen LogP contribution is -2.44. The van der Waals surface area contributed by atoms with Crippen molar-refractivity contribution in [2.75, 3.05) is 14.2 Å². The Hall–Kier alpha value is -1.95. The summed E-state index contributed by atoms with van der Waals surface area (Å²) in [5.74, 6) is 1.73. The van der Waals surface area contributed by atoms with Gasteiger partial charge in [-0.15, -0.1) is 5.10 Å². The number of nitrogens with one attached hydrogen (secondary N) is 1. The predicted molar refractivity (Wildman–Crippen MR) is 79.5 cm³/mol. The van der Waals surface area contributed by atoms with Crippen LogP contribution >= 0.6 is 0 Å². The Morgan fingerprint density at radius 1 is 1.14 bits per heavy atom. The quantitative estimate of drug-likeness (QED) is 0.932. The topological polar surface area (TPSA) is 64.9 Å². The molecule has 1 aliphatic rings. The molecule has 1 heterocycles. The second-order valence-electron chi connectivity index (χ2n) is 5.51. The number of methoxy groups -OCH3 is 1. The van der Waals surface area contributed by atoms with E-state index in [4.69, 9.17) is 4.74 Å². The molecule has 112 valence electrons. The lowest BCUT2D eigenvalue weighted by atomic mass is 9.81. The van der Waals surface area contributed by atoms with Gasteiger partial charge in [-0.2, -0.15) is 4.68 Å². The van der Waals surface area contributed by atoms with Crippen LogP contribution in [-0.4, -0.2) is 34.4 Å². The fraction of sp³-hybridized carbons (Fsp3) is 0.533. The Labute approximate surface area is 124 Å². The molecule has 0 aliphatic heterocycles. The molecule has 1 aliphatic carbocycles. The maximum Gasteiger partial charge on any atom is 0.176 e. The van der Waals surface area contributed by atoms with Gasteiger partial charge in [-0.25, -0.2) is 0 Å². The molecule has 0 unspecified atom stereocenters. The fourth-order valence-electron chi connectivity index (χ4n) is 3.12. The van der Waals surface area contributed by atoms with Crippen LogP contribution in [0.2, 0.25) is 0 Å². The van der Waals surface area contributed by atoms with Crippen molar-refractivity contribution in [1.29, 1.82) is 0 Å². The molecule has 1 saturated carbocycles. The average molecular weight is 287 g/mol. The first-order valence-corrected chi connectivity index (χ1v) is 7.41. The summed E-state index contributed by atoms with van der Waals surface area (Å²) >= 11 is 0. The van der Waals surface area contributed by atoms with Crippen LogP contribution in [0.1, 0.15) is 37.9 Å². The van der Waals surface area contributed by atoms with Crippen LogP contribution < -0.4 is 10.1 Å². The van der Waals surface area contributed by atoms with E-state index in [0.717, 1.165) is 30.1 Å². The smallest absolute Gasteiger partial charge is 0.176 e. The minimum absolute atomic E-state index is 0.123. The van der Waals surface area contributed by atoms with Crippen molar-refractivity contribution < 1.29 is 4.74 Å². The maximum absolute atomic E-state index is 5.20. The number of ether oxygens (including phenoxy) is 1. The fourth-order valence-corrected chi connectivity index (χ4v) is 3.12. The maximum atomic E-state index is 5.20. The zero-order valence-electron chi connectivity index (χ0n) is 12.5. The van der Waals surface area contributed by atoms with E-state index >= 15 is 0 Å². The second kappa shape index (κ2) is 5.81. The zero-order valence-corrected chi connectivity index (χ0v) is 12.5. The average Bonchev–Trinajstić information content (AvgIpc) is 3.06. The van der Waals surface area contributed by atoms with E-state index in [2.05, 4.69) is 20.8 Å². The molecule has 0 saturated heterocycles. The Kier molecular flexibility index (Phi) is 3.88. The molecule has 1 N–H and O–H groups in total. The third kappa shape index (κ3) is 2.51. The summed E-state index contributed by atoms with van der Waals surface area (Å²) in [6.45, 7) is 0. The molecule has 21 heavy (non-hydrogen) atoms. The van der Waals surface area contributed by atoms with E-state index in [9.17, 15) is 0 Å². The van der Waals surface area contributed by atoms with Gasteiger partial charge in [0.2, 0.25) is 0 Å². The van der Waals surface area contributed by atoms with Crippen LogP contribution in [-0.2, 0) is 5.54 Å². The summed E-state index contributed by atoms with van der Waals surface area (Å²) in [5.41, 5.74) is 0.831. The van der Waals surface area contributed by atoms with Crippen LogP contribution in [0.3, 0.4) is 0 Å². The van der Waals surface area contributed by atoms with Gasteiger partial charge in [-0.1, -0.05) is 19.3 Å². The van der Waals surface area contributed by atoms with Crippen LogP contribution in [0.5, 0.6) is 5.75 Å². The van der Waals surface area contributed by atoms with Crippen molar-refractivity contribution in [2.45, 2.75) is 37.6 Å². The molecule has 6 heteroatoms. The first-order chi connectivity index (χ1) is 10.3. The first kappa shape index (κ1) is 14.0. The van der Waals surface area contributed by atoms with Crippen molar-refractivity contribution >= 4 is 0 Å². The Morgan fingerprint density at radius 3 is 2.48 bits per heavy atom. The van der Waals surface area contributed by atoms with Gasteiger partial charge in [0, 0.05) is 0 Å². The van der Waals surface area contributed by atoms with Gasteiger partial charge in [0.1, 0.15) is 5.75 Å². The van der Waals surface area contributed by atoms with Crippen molar-refractivity contribution in [3.63, 3.8) is 0 Å². The SMILES string of the molecule is CNC1(c2nnnn2-c2ccc(OC)cc2)CCCCC1. The third-order valence-electron chi connectivity index (χ3n) is 4.40. The summed E-state index contributed by atoms with van der Waals surface area (Å²) in [6.07, 6.45) is 5.83. The van der Waals surface area contributed by atoms with E-state index in [0.29, 0.717) is 0 Å². The molecule has 0 amide bonds. The van der Waals surface area contributed by atoms with E-state index < -0.39 is 0 Å². The number of tetrazole rings is 1. The Bertz CT molecular complexity index is 586. The number of hydrogen-bond acceptors (Lipinski definition) is 5. The van der Waals surface area contributed by atoms with Crippen molar-refractivity contribution in [2.24, 2.45) is 0 Å². The minimum atomic E-state index is -0.123. The number of rotatable bonds is 4. The number of aromatic nitrogens is 4. The van der Waals surface area contributed by atoms with E-state index in [-0.39, 0.29) is 5.54 Å². The normalized spacial score (nSPS) is 17.6. The van der Waals surface area contributed by atoms with Crippen LogP contribution in [0.25, 0.3) is 5.69 Å². The molecular formula is C15H21N5O. The summed E-state index contributed by atoms with van der Waals surface area (Å²) < 4.78 is 7.04. The van der Waals surface area contributed by atoms with Crippen molar-refractivity contribution in [1.82, 2.24) is 25.5 Å². The summed E-state index contributed by atoms with van der Waals surface area (Å²) in [5, 5.41) is 15.9. The highest BCUT2D eigenvalue weighted by Crippen LogP contribution is 2.36. The van der Waals surface area contributed by atoms with Crippen molar-refractivity contribution in [3.8, 4) is 11.4 Å². The minimum Gasteiger partial charge on any atom is -0.497 e. The highest BCUT2D eigenvalue weighted by molar-refractivity contribution is 5.37. The number of benzene rings is 1. The van der Waals surface area contributed by atoms with Gasteiger partial charge in [0.05, 0.1) is 18.3 Å². The van der Waals surface area contributed by atoms with Gasteiger partial charge in [-0.3, -0.25) is 0 Å². The van der Waals surface area contributed by atoms with E-state index in [1.54, 1.807) is 7.11 Å². The van der Waals surface area contributed by atoms with Gasteiger partial charge < -0.3 is 10.1 Å². The summed E-state index contributed by atoms with van der Waals surface area (Å²) in [4.78, 5) is 0. The molecule has 6 nitrogen and oxygen atoms in total. The summed E-state index contributed by atoms with van der Waals surface area (Å²) in [6, 6.07) is 7.80. The zero-order chi connectivity index (χ0) is 14.7. The molecule has 3 rings (SSSR count). The van der Waals surface area contributed by atoms with Crippen molar-refractivity contribution in [3.05, 3.63) is 30.1 Å². The van der Waals surface area contributed by atoms with E-state index in [1.807, 2.05) is 36.0 Å². The summed E-state index contributed by atoms with van der Waals surface area (Å²) in [7, 11) is 3.66. The number of hydrogen-bond donors (Lipinski definition) is 1. The van der Waals surface area contributed by atoms with Crippen LogP contribution in [0.15, 0.2) is 24.3 Å². The van der Waals surface area contributed by atoms with E-state index in [1.165, 1.54) is 19.3 Å². The molecule has 0 atom stereocenters. The predicted octanol–water partition coefficient (Wildman–Crippen LogP) is 2.05. The highest BCUT2D eigenvalue weighted by Gasteiger charge is 2.37. The first-order valence-electron chi connectivity index (χ1n) is 7.41. The Balaban J connectivity index is 1.99. The van der Waals surface area contributed by atoms with Gasteiger partial charge in [0.25, 0.3) is 0 Å². The molecule has 2 aromatic rings. The Morgan fingerprint density at radius 2 is 1.86 bits per heavy atom. The van der Waals surface area contributed by atoms with Crippen LogP contribution in [0, 0.1) is 0 Å². The second-order valence-corrected chi connectivity index (χ2v) is 5.51. The molecular weight excluding hydrogens is 266 g/mol. The molecule has 1 aromatic heterocycles. The molecule has 0 radical (unpaired) electrons. The monoisotopic (exact) mass is 287 g/mol. The standard InChI is InChI=1S/C15H21N5O/c1-16-15(10-4-3-5-11-15)14-17-18-19-20(14)12-6-8-13(21-2)9-7-12/h6-9,16H,3-5,10-11H2,1-2H3. The molecule has 0 bridgehead atoms. The molecule has 0 spiro atoms. The van der Waals surface area contributed by atoms with Crippen LogP contribution in [0.4, 0.5) is 0 Å². The lowest BCUT2D eigenvalue weighted by Gasteiger charge is -2.35. The highest BCUT2D eigenvalue weighted by atomic mass is 16.5. The number of nitrogens with zero attached hydrogens (tertiary/aromatic N) is 4. The largest absolute Gasteiger partial charge is 0.497 e.